The molecule has 0 aliphatic heterocycles. The van der Waals surface area contributed by atoms with Crippen LogP contribution >= 0.6 is 0 Å². The second-order valence-electron chi connectivity index (χ2n) is 6.22. The van der Waals surface area contributed by atoms with Crippen LogP contribution in [0.25, 0.3) is 0 Å². The zero-order valence-corrected chi connectivity index (χ0v) is 13.9. The first-order chi connectivity index (χ1) is 7.92. The highest BCUT2D eigenvalue weighted by atomic mass is 28.3. The SMILES string of the molecule is CCC1=C(CC)C([Si](C)(C)C)C(CC)=C1CC. The molecule has 0 nitrogen and oxygen atoms in total. The molecule has 1 rings (SSSR count). The maximum atomic E-state index is 2.54. The maximum absolute atomic E-state index is 2.54. The summed E-state index contributed by atoms with van der Waals surface area (Å²) in [5.41, 5.74) is 7.86. The van der Waals surface area contributed by atoms with Gasteiger partial charge in [0, 0.05) is 0 Å². The number of hydrogen-bond acceptors (Lipinski definition) is 0. The molecule has 0 heterocycles. The second kappa shape index (κ2) is 5.56. The van der Waals surface area contributed by atoms with Crippen LogP contribution in [0, 0.1) is 0 Å². The molecule has 0 aromatic carbocycles. The standard InChI is InChI=1S/C16H30Si/c1-8-12-13(9-2)15(11-4)16(14(12)10-3)17(5,6)7/h16H,8-11H2,1-7H3. The Hall–Kier alpha value is -0.303. The van der Waals surface area contributed by atoms with Crippen LogP contribution < -0.4 is 0 Å². The zero-order valence-electron chi connectivity index (χ0n) is 12.9. The van der Waals surface area contributed by atoms with Gasteiger partial charge in [0.2, 0.25) is 0 Å². The summed E-state index contributed by atoms with van der Waals surface area (Å²) in [5, 5.41) is 0. The third-order valence-corrected chi connectivity index (χ3v) is 6.60. The van der Waals surface area contributed by atoms with Gasteiger partial charge in [-0.3, -0.25) is 0 Å². The lowest BCUT2D eigenvalue weighted by atomic mass is 9.99. The van der Waals surface area contributed by atoms with E-state index in [-0.39, 0.29) is 0 Å². The van der Waals surface area contributed by atoms with Crippen molar-refractivity contribution in [3.63, 3.8) is 0 Å². The fraction of sp³-hybridized carbons (Fsp3) is 0.750. The average Bonchev–Trinajstić information content (AvgIpc) is 2.60. The van der Waals surface area contributed by atoms with E-state index in [2.05, 4.69) is 47.3 Å². The molecule has 1 aliphatic rings. The molecule has 0 saturated carbocycles. The molecule has 0 bridgehead atoms. The summed E-state index contributed by atoms with van der Waals surface area (Å²) >= 11 is 0. The molecule has 0 atom stereocenters. The normalized spacial score (nSPS) is 18.5. The van der Waals surface area contributed by atoms with E-state index in [1.54, 1.807) is 22.3 Å². The number of rotatable bonds is 5. The predicted molar refractivity (Wildman–Crippen MR) is 82.3 cm³/mol. The van der Waals surface area contributed by atoms with Gasteiger partial charge >= 0.3 is 0 Å². The van der Waals surface area contributed by atoms with Gasteiger partial charge in [0.15, 0.2) is 0 Å². The quantitative estimate of drug-likeness (QED) is 0.530. The van der Waals surface area contributed by atoms with Gasteiger partial charge in [-0.2, -0.15) is 0 Å². The Morgan fingerprint density at radius 1 is 0.706 bits per heavy atom. The highest BCUT2D eigenvalue weighted by Gasteiger charge is 2.38. The molecule has 0 spiro atoms. The Labute approximate surface area is 109 Å². The summed E-state index contributed by atoms with van der Waals surface area (Å²) in [6.07, 6.45) is 4.98. The summed E-state index contributed by atoms with van der Waals surface area (Å²) in [4.78, 5) is 0. The Morgan fingerprint density at radius 2 is 1.06 bits per heavy atom. The molecular weight excluding hydrogens is 220 g/mol. The van der Waals surface area contributed by atoms with Crippen molar-refractivity contribution < 1.29 is 0 Å². The first-order valence-corrected chi connectivity index (χ1v) is 10.9. The van der Waals surface area contributed by atoms with Crippen molar-refractivity contribution in [2.75, 3.05) is 0 Å². The van der Waals surface area contributed by atoms with E-state index >= 15 is 0 Å². The minimum absolute atomic E-state index is 0.836. The molecule has 98 valence electrons. The van der Waals surface area contributed by atoms with Crippen LogP contribution in [0.1, 0.15) is 53.4 Å². The van der Waals surface area contributed by atoms with Gasteiger partial charge < -0.3 is 0 Å². The molecule has 0 aromatic heterocycles. The predicted octanol–water partition coefficient (Wildman–Crippen LogP) is 5.94. The number of hydrogen-bond donors (Lipinski definition) is 0. The van der Waals surface area contributed by atoms with E-state index < -0.39 is 8.07 Å². The third kappa shape index (κ3) is 2.59. The van der Waals surface area contributed by atoms with Gasteiger partial charge in [-0.25, -0.2) is 0 Å². The first kappa shape index (κ1) is 14.8. The lowest BCUT2D eigenvalue weighted by Crippen LogP contribution is -2.29. The van der Waals surface area contributed by atoms with Crippen molar-refractivity contribution in [2.45, 2.75) is 78.6 Å². The van der Waals surface area contributed by atoms with E-state index in [0.29, 0.717) is 0 Å². The topological polar surface area (TPSA) is 0 Å². The van der Waals surface area contributed by atoms with Gasteiger partial charge in [-0.15, -0.1) is 0 Å². The van der Waals surface area contributed by atoms with Crippen molar-refractivity contribution in [3.8, 4) is 0 Å². The van der Waals surface area contributed by atoms with Crippen molar-refractivity contribution in [2.24, 2.45) is 0 Å². The lowest BCUT2D eigenvalue weighted by molar-refractivity contribution is 0.913. The minimum Gasteiger partial charge on any atom is -0.0688 e. The van der Waals surface area contributed by atoms with E-state index in [1.165, 1.54) is 25.7 Å². The lowest BCUT2D eigenvalue weighted by Gasteiger charge is -2.30. The minimum atomic E-state index is -1.12. The van der Waals surface area contributed by atoms with Gasteiger partial charge in [0.25, 0.3) is 0 Å². The highest BCUT2D eigenvalue weighted by molar-refractivity contribution is 6.79. The Balaban J connectivity index is 3.36. The van der Waals surface area contributed by atoms with Crippen LogP contribution in [0.3, 0.4) is 0 Å². The summed E-state index contributed by atoms with van der Waals surface area (Å²) in [7, 11) is -1.12. The molecule has 0 radical (unpaired) electrons. The summed E-state index contributed by atoms with van der Waals surface area (Å²) in [6, 6.07) is 0. The van der Waals surface area contributed by atoms with Crippen molar-refractivity contribution in [1.82, 2.24) is 0 Å². The number of allylic oxidation sites excluding steroid dienone is 4. The molecular formula is C16H30Si. The molecule has 0 N–H and O–H groups in total. The average molecular weight is 251 g/mol. The summed E-state index contributed by atoms with van der Waals surface area (Å²) in [5.74, 6) is 0. The zero-order chi connectivity index (χ0) is 13.2. The van der Waals surface area contributed by atoms with E-state index in [0.717, 1.165) is 5.54 Å². The van der Waals surface area contributed by atoms with Gasteiger partial charge in [-0.05, 0) is 42.4 Å². The van der Waals surface area contributed by atoms with Crippen LogP contribution in [-0.4, -0.2) is 8.07 Å². The van der Waals surface area contributed by atoms with Gasteiger partial charge in [0.05, 0.1) is 8.07 Å². The van der Waals surface area contributed by atoms with Crippen molar-refractivity contribution >= 4 is 8.07 Å². The fourth-order valence-corrected chi connectivity index (χ4v) is 6.56. The molecule has 1 heteroatoms. The summed E-state index contributed by atoms with van der Waals surface area (Å²) < 4.78 is 0. The Kier molecular flexibility index (Phi) is 4.83. The van der Waals surface area contributed by atoms with E-state index in [9.17, 15) is 0 Å². The second-order valence-corrected chi connectivity index (χ2v) is 11.5. The maximum Gasteiger partial charge on any atom is 0.0565 e. The van der Waals surface area contributed by atoms with Crippen molar-refractivity contribution in [3.05, 3.63) is 22.3 Å². The molecule has 0 aromatic rings. The Bertz CT molecular complexity index is 311. The highest BCUT2D eigenvalue weighted by Crippen LogP contribution is 2.51. The summed E-state index contributed by atoms with van der Waals surface area (Å²) in [6.45, 7) is 17.0. The van der Waals surface area contributed by atoms with E-state index in [1.807, 2.05) is 0 Å². The third-order valence-electron chi connectivity index (χ3n) is 4.17. The van der Waals surface area contributed by atoms with Crippen LogP contribution in [0.15, 0.2) is 22.3 Å². The molecule has 0 saturated heterocycles. The van der Waals surface area contributed by atoms with E-state index in [4.69, 9.17) is 0 Å². The van der Waals surface area contributed by atoms with Crippen LogP contribution in [0.5, 0.6) is 0 Å². The molecule has 0 fully saturated rings. The van der Waals surface area contributed by atoms with Crippen molar-refractivity contribution in [1.29, 1.82) is 0 Å². The van der Waals surface area contributed by atoms with Gasteiger partial charge in [0.1, 0.15) is 0 Å². The van der Waals surface area contributed by atoms with Crippen LogP contribution in [0.4, 0.5) is 0 Å². The molecule has 17 heavy (non-hydrogen) atoms. The monoisotopic (exact) mass is 250 g/mol. The van der Waals surface area contributed by atoms with Gasteiger partial charge in [-0.1, -0.05) is 58.5 Å². The van der Waals surface area contributed by atoms with Crippen LogP contribution in [0.2, 0.25) is 25.2 Å². The molecule has 0 amide bonds. The smallest absolute Gasteiger partial charge is 0.0565 e. The molecule has 0 unspecified atom stereocenters. The fourth-order valence-electron chi connectivity index (χ4n) is 3.71. The largest absolute Gasteiger partial charge is 0.0688 e. The Morgan fingerprint density at radius 3 is 1.24 bits per heavy atom. The molecule has 1 aliphatic carbocycles. The van der Waals surface area contributed by atoms with Crippen LogP contribution in [-0.2, 0) is 0 Å². The first-order valence-electron chi connectivity index (χ1n) is 7.36.